The molecular weight excluding hydrogens is 458 g/mol. The zero-order chi connectivity index (χ0) is 25.1. The number of nitrogens with zero attached hydrogens (tertiary/aromatic N) is 4. The molecular formula is C24H24F2N6O3. The molecule has 3 aromatic rings. The van der Waals surface area contributed by atoms with Crippen molar-refractivity contribution in [1.29, 1.82) is 0 Å². The highest BCUT2D eigenvalue weighted by Crippen LogP contribution is 2.30. The molecule has 0 bridgehead atoms. The van der Waals surface area contributed by atoms with E-state index in [0.717, 1.165) is 16.7 Å². The third-order valence-corrected chi connectivity index (χ3v) is 5.85. The van der Waals surface area contributed by atoms with Crippen LogP contribution in [0.15, 0.2) is 54.9 Å². The van der Waals surface area contributed by atoms with Gasteiger partial charge in [0, 0.05) is 37.2 Å². The van der Waals surface area contributed by atoms with Crippen LogP contribution in [0.3, 0.4) is 0 Å². The van der Waals surface area contributed by atoms with Crippen molar-refractivity contribution in [3.8, 4) is 16.9 Å². The topological polar surface area (TPSA) is 114 Å². The Bertz CT molecular complexity index is 1220. The van der Waals surface area contributed by atoms with Crippen molar-refractivity contribution in [1.82, 2.24) is 19.8 Å². The van der Waals surface area contributed by atoms with Crippen LogP contribution in [0.1, 0.15) is 17.2 Å². The van der Waals surface area contributed by atoms with Crippen molar-refractivity contribution in [2.75, 3.05) is 25.5 Å². The van der Waals surface area contributed by atoms with Crippen LogP contribution >= 0.6 is 0 Å². The molecule has 1 saturated heterocycles. The van der Waals surface area contributed by atoms with Gasteiger partial charge in [0.25, 0.3) is 0 Å². The number of alkyl halides is 2. The number of ether oxygens (including phenoxy) is 1. The molecule has 1 aromatic heterocycles. The number of carbonyl (C=O) groups is 2. The van der Waals surface area contributed by atoms with Crippen molar-refractivity contribution >= 4 is 23.6 Å². The Balaban J connectivity index is 1.50. The molecule has 1 fully saturated rings. The van der Waals surface area contributed by atoms with Crippen molar-refractivity contribution in [3.05, 3.63) is 66.0 Å². The Labute approximate surface area is 200 Å². The fourth-order valence-electron chi connectivity index (χ4n) is 3.90. The Morgan fingerprint density at radius 1 is 1.14 bits per heavy atom. The van der Waals surface area contributed by atoms with E-state index in [1.807, 2.05) is 25.1 Å². The summed E-state index contributed by atoms with van der Waals surface area (Å²) in [6.07, 6.45) is 3.23. The molecule has 4 rings (SSSR count). The summed E-state index contributed by atoms with van der Waals surface area (Å²) in [5.41, 5.74) is 9.42. The molecule has 3 amide bonds. The number of primary amides is 1. The second-order valence-corrected chi connectivity index (χ2v) is 8.13. The number of urea groups is 1. The first-order valence-electron chi connectivity index (χ1n) is 10.8. The number of nitrogens with two attached hydrogens (primary N) is 1. The fourth-order valence-corrected chi connectivity index (χ4v) is 3.90. The normalized spacial score (nSPS) is 15.9. The Hall–Kier alpha value is -4.28. The van der Waals surface area contributed by atoms with Gasteiger partial charge in [0.2, 0.25) is 11.9 Å². The molecule has 0 radical (unpaired) electrons. The standard InChI is InChI=1S/C24H24F2N6O3/c1-14-3-6-17(9-19(14)20-12-32(23(27)34)13-21(33)31(20)2)30-24-28-10-16(11-29-24)15-4-7-18(8-5-15)35-22(25)26/h3-11,20,22H,12-13H2,1-2H3,(H2,27,34)(H,28,29,30). The molecule has 1 aliphatic rings. The molecule has 1 unspecified atom stereocenters. The molecule has 3 N–H and O–H groups in total. The summed E-state index contributed by atoms with van der Waals surface area (Å²) in [6.45, 7) is -0.683. The number of anilines is 2. The van der Waals surface area contributed by atoms with Gasteiger partial charge in [0.15, 0.2) is 0 Å². The van der Waals surface area contributed by atoms with Crippen molar-refractivity contribution in [2.45, 2.75) is 19.6 Å². The van der Waals surface area contributed by atoms with E-state index in [-0.39, 0.29) is 24.2 Å². The second kappa shape index (κ2) is 9.92. The Morgan fingerprint density at radius 3 is 2.46 bits per heavy atom. The molecule has 1 atom stereocenters. The molecule has 1 aliphatic heterocycles. The van der Waals surface area contributed by atoms with E-state index in [4.69, 9.17) is 5.73 Å². The maximum atomic E-state index is 12.4. The van der Waals surface area contributed by atoms with Gasteiger partial charge < -0.3 is 25.6 Å². The lowest BCUT2D eigenvalue weighted by atomic mass is 9.97. The van der Waals surface area contributed by atoms with Gasteiger partial charge in [-0.15, -0.1) is 0 Å². The number of rotatable bonds is 6. The number of nitrogens with one attached hydrogen (secondary N) is 1. The minimum atomic E-state index is -2.88. The zero-order valence-corrected chi connectivity index (χ0v) is 19.1. The van der Waals surface area contributed by atoms with E-state index in [1.54, 1.807) is 36.5 Å². The monoisotopic (exact) mass is 482 g/mol. The summed E-state index contributed by atoms with van der Waals surface area (Å²) in [4.78, 5) is 35.7. The van der Waals surface area contributed by atoms with Crippen LogP contribution in [0.25, 0.3) is 11.1 Å². The largest absolute Gasteiger partial charge is 0.435 e. The SMILES string of the molecule is Cc1ccc(Nc2ncc(-c3ccc(OC(F)F)cc3)cn2)cc1C1CN(C(N)=O)CC(=O)N1C. The van der Waals surface area contributed by atoms with Gasteiger partial charge in [-0.05, 0) is 47.9 Å². The van der Waals surface area contributed by atoms with Crippen LogP contribution in [0.2, 0.25) is 0 Å². The highest BCUT2D eigenvalue weighted by molar-refractivity contribution is 5.85. The number of carbonyl (C=O) groups excluding carboxylic acids is 2. The number of hydrogen-bond donors (Lipinski definition) is 2. The number of hydrogen-bond acceptors (Lipinski definition) is 6. The number of benzene rings is 2. The third-order valence-electron chi connectivity index (χ3n) is 5.85. The molecule has 9 nitrogen and oxygen atoms in total. The first-order valence-corrected chi connectivity index (χ1v) is 10.8. The van der Waals surface area contributed by atoms with Gasteiger partial charge in [-0.2, -0.15) is 8.78 Å². The highest BCUT2D eigenvalue weighted by Gasteiger charge is 2.33. The van der Waals surface area contributed by atoms with Crippen LogP contribution in [0, 0.1) is 6.92 Å². The minimum Gasteiger partial charge on any atom is -0.435 e. The van der Waals surface area contributed by atoms with Gasteiger partial charge in [-0.25, -0.2) is 14.8 Å². The quantitative estimate of drug-likeness (QED) is 0.554. The molecule has 35 heavy (non-hydrogen) atoms. The number of aromatic nitrogens is 2. The van der Waals surface area contributed by atoms with Gasteiger partial charge in [0.1, 0.15) is 12.3 Å². The minimum absolute atomic E-state index is 0.0402. The summed E-state index contributed by atoms with van der Waals surface area (Å²) in [6, 6.07) is 10.9. The predicted molar refractivity (Wildman–Crippen MR) is 125 cm³/mol. The van der Waals surface area contributed by atoms with Crippen LogP contribution in [0.5, 0.6) is 5.75 Å². The second-order valence-electron chi connectivity index (χ2n) is 8.13. The summed E-state index contributed by atoms with van der Waals surface area (Å²) < 4.78 is 29.0. The molecule has 0 spiro atoms. The molecule has 11 heteroatoms. The van der Waals surface area contributed by atoms with Crippen LogP contribution < -0.4 is 15.8 Å². The summed E-state index contributed by atoms with van der Waals surface area (Å²) in [5, 5.41) is 3.15. The van der Waals surface area contributed by atoms with Gasteiger partial charge in [0.05, 0.1) is 6.04 Å². The van der Waals surface area contributed by atoms with E-state index >= 15 is 0 Å². The first-order chi connectivity index (χ1) is 16.7. The number of likely N-dealkylation sites (N-methyl/N-ethyl adjacent to an activating group) is 1. The lowest BCUT2D eigenvalue weighted by Gasteiger charge is -2.39. The van der Waals surface area contributed by atoms with Crippen molar-refractivity contribution in [3.63, 3.8) is 0 Å². The van der Waals surface area contributed by atoms with Gasteiger partial charge in [-0.3, -0.25) is 4.79 Å². The number of aryl methyl sites for hydroxylation is 1. The van der Waals surface area contributed by atoms with Gasteiger partial charge in [-0.1, -0.05) is 18.2 Å². The van der Waals surface area contributed by atoms with E-state index in [0.29, 0.717) is 23.7 Å². The summed E-state index contributed by atoms with van der Waals surface area (Å²) in [5.74, 6) is 0.237. The van der Waals surface area contributed by atoms with Crippen LogP contribution in [-0.4, -0.2) is 58.5 Å². The molecule has 2 aromatic carbocycles. The summed E-state index contributed by atoms with van der Waals surface area (Å²) in [7, 11) is 1.71. The Morgan fingerprint density at radius 2 is 1.83 bits per heavy atom. The maximum Gasteiger partial charge on any atom is 0.387 e. The lowest BCUT2D eigenvalue weighted by molar-refractivity contribution is -0.136. The van der Waals surface area contributed by atoms with Crippen molar-refractivity contribution < 1.29 is 23.1 Å². The van der Waals surface area contributed by atoms with Crippen LogP contribution in [-0.2, 0) is 4.79 Å². The van der Waals surface area contributed by atoms with Crippen LogP contribution in [0.4, 0.5) is 25.2 Å². The van der Waals surface area contributed by atoms with E-state index in [1.165, 1.54) is 17.0 Å². The molecule has 2 heterocycles. The fraction of sp³-hybridized carbons (Fsp3) is 0.250. The maximum absolute atomic E-state index is 12.4. The first kappa shape index (κ1) is 23.9. The summed E-state index contributed by atoms with van der Waals surface area (Å²) >= 11 is 0. The zero-order valence-electron chi connectivity index (χ0n) is 19.1. The highest BCUT2D eigenvalue weighted by atomic mass is 19.3. The average molecular weight is 482 g/mol. The molecule has 0 saturated carbocycles. The van der Waals surface area contributed by atoms with E-state index in [9.17, 15) is 18.4 Å². The lowest BCUT2D eigenvalue weighted by Crippen LogP contribution is -2.53. The van der Waals surface area contributed by atoms with E-state index in [2.05, 4.69) is 20.0 Å². The number of halogens is 2. The van der Waals surface area contributed by atoms with Gasteiger partial charge >= 0.3 is 12.6 Å². The predicted octanol–water partition coefficient (Wildman–Crippen LogP) is 3.69. The van der Waals surface area contributed by atoms with Crippen molar-refractivity contribution in [2.24, 2.45) is 5.73 Å². The average Bonchev–Trinajstić information content (AvgIpc) is 2.83. The molecule has 0 aliphatic carbocycles. The number of amides is 3. The Kier molecular flexibility index (Phi) is 6.76. The third kappa shape index (κ3) is 5.45. The van der Waals surface area contributed by atoms with E-state index < -0.39 is 12.6 Å². The molecule has 182 valence electrons. The number of piperazine rings is 1. The smallest absolute Gasteiger partial charge is 0.387 e.